The predicted octanol–water partition coefficient (Wildman–Crippen LogP) is 6.47. The Bertz CT molecular complexity index is 704. The number of hydrogen-bond acceptors (Lipinski definition) is 2. The van der Waals surface area contributed by atoms with Gasteiger partial charge in [0.15, 0.2) is 0 Å². The van der Waals surface area contributed by atoms with Crippen molar-refractivity contribution in [1.82, 2.24) is 0 Å². The van der Waals surface area contributed by atoms with E-state index in [1.807, 2.05) is 6.92 Å². The van der Waals surface area contributed by atoms with Gasteiger partial charge in [-0.05, 0) is 60.9 Å². The number of rotatable bonds is 14. The minimum atomic E-state index is -0.656. The lowest BCUT2D eigenvalue weighted by Gasteiger charge is -2.09. The zero-order valence-electron chi connectivity index (χ0n) is 18.0. The summed E-state index contributed by atoms with van der Waals surface area (Å²) in [5, 5.41) is 9.08. The Morgan fingerprint density at radius 3 is 2.00 bits per heavy atom. The van der Waals surface area contributed by atoms with Gasteiger partial charge in [-0.3, -0.25) is 4.79 Å². The van der Waals surface area contributed by atoms with Gasteiger partial charge in [-0.2, -0.15) is 0 Å². The van der Waals surface area contributed by atoms with E-state index in [-0.39, 0.29) is 5.92 Å². The summed E-state index contributed by atoms with van der Waals surface area (Å²) in [6, 6.07) is 17.2. The number of hydrogen-bond donors (Lipinski definition) is 1. The van der Waals surface area contributed by atoms with E-state index in [4.69, 9.17) is 9.84 Å². The molecule has 0 heterocycles. The van der Waals surface area contributed by atoms with Crippen molar-refractivity contribution in [2.75, 3.05) is 6.61 Å². The predicted molar refractivity (Wildman–Crippen MR) is 120 cm³/mol. The van der Waals surface area contributed by atoms with Crippen molar-refractivity contribution >= 4 is 5.97 Å². The molecule has 0 spiro atoms. The van der Waals surface area contributed by atoms with Crippen LogP contribution in [0.2, 0.25) is 0 Å². The summed E-state index contributed by atoms with van der Waals surface area (Å²) in [6.45, 7) is 4.84. The van der Waals surface area contributed by atoms with E-state index < -0.39 is 5.97 Å². The molecule has 0 fully saturated rings. The van der Waals surface area contributed by atoms with Gasteiger partial charge >= 0.3 is 5.97 Å². The number of ether oxygens (including phenoxy) is 1. The van der Waals surface area contributed by atoms with Gasteiger partial charge in [0.25, 0.3) is 0 Å². The van der Waals surface area contributed by atoms with Gasteiger partial charge < -0.3 is 9.84 Å². The Labute approximate surface area is 176 Å². The van der Waals surface area contributed by atoms with Crippen molar-refractivity contribution in [2.45, 2.75) is 71.6 Å². The first-order valence-electron chi connectivity index (χ1n) is 11.1. The molecule has 0 saturated carbocycles. The van der Waals surface area contributed by atoms with Crippen LogP contribution in [0.1, 0.15) is 69.1 Å². The smallest absolute Gasteiger partial charge is 0.306 e. The van der Waals surface area contributed by atoms with Crippen molar-refractivity contribution in [3.05, 3.63) is 65.2 Å². The van der Waals surface area contributed by atoms with E-state index in [0.717, 1.165) is 57.1 Å². The molecule has 1 atom stereocenters. The molecule has 0 saturated heterocycles. The maximum Gasteiger partial charge on any atom is 0.306 e. The lowest BCUT2D eigenvalue weighted by molar-refractivity contribution is -0.142. The summed E-state index contributed by atoms with van der Waals surface area (Å²) in [6.07, 6.45) is 8.97. The molecule has 3 nitrogen and oxygen atoms in total. The summed E-state index contributed by atoms with van der Waals surface area (Å²) in [5.41, 5.74) is 4.03. The molecule has 1 unspecified atom stereocenters. The van der Waals surface area contributed by atoms with Gasteiger partial charge in [-0.15, -0.1) is 0 Å². The van der Waals surface area contributed by atoms with Crippen LogP contribution >= 0.6 is 0 Å². The molecule has 158 valence electrons. The largest absolute Gasteiger partial charge is 0.493 e. The highest BCUT2D eigenvalue weighted by atomic mass is 16.5. The number of aryl methyl sites for hydroxylation is 2. The lowest BCUT2D eigenvalue weighted by Crippen LogP contribution is -2.12. The molecule has 2 rings (SSSR count). The van der Waals surface area contributed by atoms with Crippen LogP contribution in [0, 0.1) is 5.92 Å². The highest BCUT2D eigenvalue weighted by molar-refractivity contribution is 5.69. The molecule has 3 heteroatoms. The second kappa shape index (κ2) is 13.0. The second-order valence-electron chi connectivity index (χ2n) is 7.85. The molecule has 0 aliphatic rings. The molecule has 0 aromatic heterocycles. The van der Waals surface area contributed by atoms with Crippen LogP contribution in [0.25, 0.3) is 0 Å². The minimum Gasteiger partial charge on any atom is -0.493 e. The van der Waals surface area contributed by atoms with Crippen LogP contribution < -0.4 is 4.74 Å². The summed E-state index contributed by atoms with van der Waals surface area (Å²) in [7, 11) is 0. The Hall–Kier alpha value is -2.29. The standard InChI is InChI=1S/C26H36O3/c1-3-8-21-11-13-23(14-12-21)19-20-29-25-17-15-22(16-18-25)9-6-5-7-10-24(4-2)26(27)28/h11-18,24H,3-10,19-20H2,1-2H3,(H,27,28). The molecule has 0 aliphatic carbocycles. The van der Waals surface area contributed by atoms with Crippen molar-refractivity contribution in [3.63, 3.8) is 0 Å². The van der Waals surface area contributed by atoms with E-state index >= 15 is 0 Å². The molecule has 0 bridgehead atoms. The van der Waals surface area contributed by atoms with Crippen molar-refractivity contribution in [2.24, 2.45) is 5.92 Å². The van der Waals surface area contributed by atoms with Crippen LogP contribution in [-0.4, -0.2) is 17.7 Å². The molecule has 2 aromatic rings. The number of aliphatic carboxylic acids is 1. The van der Waals surface area contributed by atoms with Crippen LogP contribution in [-0.2, 0) is 24.1 Å². The van der Waals surface area contributed by atoms with Gasteiger partial charge in [0.05, 0.1) is 12.5 Å². The lowest BCUT2D eigenvalue weighted by atomic mass is 9.98. The van der Waals surface area contributed by atoms with E-state index in [1.165, 1.54) is 23.1 Å². The van der Waals surface area contributed by atoms with E-state index in [0.29, 0.717) is 6.61 Å². The molecule has 0 radical (unpaired) electrons. The molecule has 1 N–H and O–H groups in total. The molecule has 29 heavy (non-hydrogen) atoms. The monoisotopic (exact) mass is 396 g/mol. The second-order valence-corrected chi connectivity index (χ2v) is 7.85. The SMILES string of the molecule is CCCc1ccc(CCOc2ccc(CCCCCC(CC)C(=O)O)cc2)cc1. The van der Waals surface area contributed by atoms with Gasteiger partial charge in [0.1, 0.15) is 5.75 Å². The van der Waals surface area contributed by atoms with Crippen LogP contribution in [0.5, 0.6) is 5.75 Å². The molecule has 2 aromatic carbocycles. The fraction of sp³-hybridized carbons (Fsp3) is 0.500. The first kappa shape index (κ1) is 23.0. The summed E-state index contributed by atoms with van der Waals surface area (Å²) >= 11 is 0. The maximum absolute atomic E-state index is 11.0. The fourth-order valence-corrected chi connectivity index (χ4v) is 3.60. The molecular formula is C26H36O3. The first-order chi connectivity index (χ1) is 14.1. The Balaban J connectivity index is 1.63. The van der Waals surface area contributed by atoms with Crippen LogP contribution in [0.4, 0.5) is 0 Å². The Kier molecular flexibility index (Phi) is 10.3. The normalized spacial score (nSPS) is 11.9. The summed E-state index contributed by atoms with van der Waals surface area (Å²) in [4.78, 5) is 11.0. The molecule has 0 aliphatic heterocycles. The van der Waals surface area contributed by atoms with Gasteiger partial charge in [0, 0.05) is 6.42 Å². The van der Waals surface area contributed by atoms with E-state index in [1.54, 1.807) is 0 Å². The third-order valence-corrected chi connectivity index (χ3v) is 5.50. The first-order valence-corrected chi connectivity index (χ1v) is 11.1. The summed E-state index contributed by atoms with van der Waals surface area (Å²) < 4.78 is 5.89. The average Bonchev–Trinajstić information content (AvgIpc) is 2.73. The number of unbranched alkanes of at least 4 members (excludes halogenated alkanes) is 2. The Morgan fingerprint density at radius 2 is 1.41 bits per heavy atom. The number of carboxylic acid groups (broad SMARTS) is 1. The van der Waals surface area contributed by atoms with Crippen molar-refractivity contribution in [1.29, 1.82) is 0 Å². The van der Waals surface area contributed by atoms with Gasteiger partial charge in [-0.1, -0.05) is 69.5 Å². The third-order valence-electron chi connectivity index (χ3n) is 5.50. The van der Waals surface area contributed by atoms with E-state index in [2.05, 4.69) is 55.5 Å². The molecule has 0 amide bonds. The van der Waals surface area contributed by atoms with Gasteiger partial charge in [0.2, 0.25) is 0 Å². The van der Waals surface area contributed by atoms with E-state index in [9.17, 15) is 4.79 Å². The quantitative estimate of drug-likeness (QED) is 0.372. The average molecular weight is 397 g/mol. The molecular weight excluding hydrogens is 360 g/mol. The highest BCUT2D eigenvalue weighted by Crippen LogP contribution is 2.17. The summed E-state index contributed by atoms with van der Waals surface area (Å²) in [5.74, 6) is 0.0842. The van der Waals surface area contributed by atoms with Crippen molar-refractivity contribution < 1.29 is 14.6 Å². The highest BCUT2D eigenvalue weighted by Gasteiger charge is 2.13. The van der Waals surface area contributed by atoms with Gasteiger partial charge in [-0.25, -0.2) is 0 Å². The zero-order chi connectivity index (χ0) is 20.9. The number of benzene rings is 2. The van der Waals surface area contributed by atoms with Crippen molar-refractivity contribution in [3.8, 4) is 5.75 Å². The topological polar surface area (TPSA) is 46.5 Å². The maximum atomic E-state index is 11.0. The number of carbonyl (C=O) groups is 1. The Morgan fingerprint density at radius 1 is 0.828 bits per heavy atom. The third kappa shape index (κ3) is 8.72. The minimum absolute atomic E-state index is 0.180. The number of carboxylic acids is 1. The zero-order valence-corrected chi connectivity index (χ0v) is 18.0. The van der Waals surface area contributed by atoms with Crippen LogP contribution in [0.3, 0.4) is 0 Å². The van der Waals surface area contributed by atoms with Crippen LogP contribution in [0.15, 0.2) is 48.5 Å². The fourth-order valence-electron chi connectivity index (χ4n) is 3.60.